The number of halogens is 3. The zero-order valence-electron chi connectivity index (χ0n) is 18.4. The van der Waals surface area contributed by atoms with E-state index in [1.165, 1.54) is 0 Å². The molecule has 1 N–H and O–H groups in total. The Morgan fingerprint density at radius 2 is 1.85 bits per heavy atom. The van der Waals surface area contributed by atoms with Crippen LogP contribution in [-0.2, 0) is 17.8 Å². The Balaban J connectivity index is 1.65. The Labute approximate surface area is 211 Å². The molecule has 0 aliphatic heterocycles. The normalized spacial score (nSPS) is 11.0. The molecule has 0 spiro atoms. The van der Waals surface area contributed by atoms with Gasteiger partial charge in [-0.2, -0.15) is 5.10 Å². The minimum atomic E-state index is -0.191. The number of nitrogens with zero attached hydrogens (tertiary/aromatic N) is 1. The van der Waals surface area contributed by atoms with E-state index in [1.54, 1.807) is 31.5 Å². The first-order valence-corrected chi connectivity index (χ1v) is 11.6. The number of amides is 1. The third-order valence-corrected chi connectivity index (χ3v) is 6.07. The summed E-state index contributed by atoms with van der Waals surface area (Å²) in [4.78, 5) is 12.3. The molecule has 8 heteroatoms. The summed E-state index contributed by atoms with van der Waals surface area (Å²) in [6.45, 7) is 4.26. The monoisotopic (exact) mass is 548 g/mol. The lowest BCUT2D eigenvalue weighted by Crippen LogP contribution is -2.20. The van der Waals surface area contributed by atoms with Gasteiger partial charge in [-0.05, 0) is 70.7 Å². The summed E-state index contributed by atoms with van der Waals surface area (Å²) in [6, 6.07) is 14.8. The molecule has 33 heavy (non-hydrogen) atoms. The molecule has 3 aromatic rings. The molecule has 0 unspecified atom stereocenters. The lowest BCUT2D eigenvalue weighted by molar-refractivity contribution is -0.120. The Kier molecular flexibility index (Phi) is 8.78. The number of hydrogen-bond acceptors (Lipinski definition) is 4. The maximum atomic E-state index is 12.3. The van der Waals surface area contributed by atoms with E-state index in [-0.39, 0.29) is 18.9 Å². The summed E-state index contributed by atoms with van der Waals surface area (Å²) in [6.07, 6.45) is 1.81. The predicted octanol–water partition coefficient (Wildman–Crippen LogP) is 6.65. The SMILES string of the molecule is COc1cc(/C=N\NC(=O)Cc2ccc(C)cc2C)cc(Br)c1OCc1ccc(Cl)cc1Cl. The van der Waals surface area contributed by atoms with E-state index in [0.717, 1.165) is 27.8 Å². The van der Waals surface area contributed by atoms with Gasteiger partial charge in [-0.15, -0.1) is 0 Å². The third kappa shape index (κ3) is 6.97. The lowest BCUT2D eigenvalue weighted by atomic mass is 10.0. The largest absolute Gasteiger partial charge is 0.493 e. The number of methoxy groups -OCH3 is 1. The molecule has 172 valence electrons. The molecule has 0 aliphatic carbocycles. The first-order valence-electron chi connectivity index (χ1n) is 10.1. The average Bonchev–Trinajstić information content (AvgIpc) is 2.75. The zero-order valence-corrected chi connectivity index (χ0v) is 21.5. The second-order valence-corrected chi connectivity index (χ2v) is 9.16. The Bertz CT molecular complexity index is 1200. The van der Waals surface area contributed by atoms with Crippen LogP contribution >= 0.6 is 39.1 Å². The molecule has 0 aromatic heterocycles. The molecule has 0 atom stereocenters. The lowest BCUT2D eigenvalue weighted by Gasteiger charge is -2.14. The van der Waals surface area contributed by atoms with E-state index in [9.17, 15) is 4.79 Å². The van der Waals surface area contributed by atoms with E-state index in [0.29, 0.717) is 26.0 Å². The van der Waals surface area contributed by atoms with Gasteiger partial charge in [-0.1, -0.05) is 53.0 Å². The zero-order chi connectivity index (χ0) is 24.0. The number of hydrazone groups is 1. The number of aryl methyl sites for hydroxylation is 2. The van der Waals surface area contributed by atoms with E-state index in [4.69, 9.17) is 32.7 Å². The van der Waals surface area contributed by atoms with Crippen LogP contribution in [0.1, 0.15) is 27.8 Å². The molecule has 0 saturated carbocycles. The van der Waals surface area contributed by atoms with Crippen molar-refractivity contribution in [2.24, 2.45) is 5.10 Å². The van der Waals surface area contributed by atoms with Crippen LogP contribution in [0.3, 0.4) is 0 Å². The number of carbonyl (C=O) groups is 1. The second kappa shape index (κ2) is 11.5. The predicted molar refractivity (Wildman–Crippen MR) is 137 cm³/mol. The van der Waals surface area contributed by atoms with Gasteiger partial charge in [0, 0.05) is 15.6 Å². The van der Waals surface area contributed by atoms with Crippen molar-refractivity contribution in [3.63, 3.8) is 0 Å². The smallest absolute Gasteiger partial charge is 0.244 e. The number of ether oxygens (including phenoxy) is 2. The number of nitrogens with one attached hydrogen (secondary N) is 1. The van der Waals surface area contributed by atoms with Gasteiger partial charge in [0.25, 0.3) is 0 Å². The van der Waals surface area contributed by atoms with Crippen LogP contribution in [0, 0.1) is 13.8 Å². The van der Waals surface area contributed by atoms with Gasteiger partial charge in [-0.3, -0.25) is 4.79 Å². The topological polar surface area (TPSA) is 59.9 Å². The van der Waals surface area contributed by atoms with Gasteiger partial charge in [-0.25, -0.2) is 5.43 Å². The van der Waals surface area contributed by atoms with Crippen LogP contribution in [0.15, 0.2) is 58.1 Å². The summed E-state index contributed by atoms with van der Waals surface area (Å²) in [5.74, 6) is 0.848. The first-order chi connectivity index (χ1) is 15.8. The van der Waals surface area contributed by atoms with Crippen molar-refractivity contribution < 1.29 is 14.3 Å². The summed E-state index contributed by atoms with van der Waals surface area (Å²) in [7, 11) is 1.55. The molecule has 0 radical (unpaired) electrons. The highest BCUT2D eigenvalue weighted by Crippen LogP contribution is 2.37. The second-order valence-electron chi connectivity index (χ2n) is 7.46. The van der Waals surface area contributed by atoms with Gasteiger partial charge < -0.3 is 9.47 Å². The number of carbonyl (C=O) groups excluding carboxylic acids is 1. The van der Waals surface area contributed by atoms with E-state index in [2.05, 4.69) is 32.5 Å². The molecule has 0 aliphatic rings. The maximum absolute atomic E-state index is 12.3. The molecular formula is C25H23BrCl2N2O3. The summed E-state index contributed by atoms with van der Waals surface area (Å²) in [5.41, 5.74) is 7.31. The van der Waals surface area contributed by atoms with Gasteiger partial charge in [0.1, 0.15) is 6.61 Å². The Morgan fingerprint density at radius 1 is 1.09 bits per heavy atom. The van der Waals surface area contributed by atoms with Crippen LogP contribution < -0.4 is 14.9 Å². The van der Waals surface area contributed by atoms with Crippen LogP contribution in [0.25, 0.3) is 0 Å². The van der Waals surface area contributed by atoms with Gasteiger partial charge in [0.15, 0.2) is 11.5 Å². The fourth-order valence-electron chi connectivity index (χ4n) is 3.18. The molecule has 0 saturated heterocycles. The van der Waals surface area contributed by atoms with Crippen molar-refractivity contribution in [3.8, 4) is 11.5 Å². The summed E-state index contributed by atoms with van der Waals surface area (Å²) in [5, 5.41) is 5.16. The number of rotatable bonds is 8. The molecule has 3 aromatic carbocycles. The number of benzene rings is 3. The minimum absolute atomic E-state index is 0.191. The van der Waals surface area contributed by atoms with Crippen molar-refractivity contribution in [3.05, 3.63) is 90.9 Å². The molecule has 3 rings (SSSR count). The van der Waals surface area contributed by atoms with Gasteiger partial charge in [0.05, 0.1) is 24.2 Å². The fourth-order valence-corrected chi connectivity index (χ4v) is 4.22. The Morgan fingerprint density at radius 3 is 2.55 bits per heavy atom. The van der Waals surface area contributed by atoms with Crippen molar-refractivity contribution in [1.29, 1.82) is 0 Å². The van der Waals surface area contributed by atoms with Crippen LogP contribution in [0.5, 0.6) is 11.5 Å². The van der Waals surface area contributed by atoms with Crippen molar-refractivity contribution in [2.45, 2.75) is 26.9 Å². The molecule has 0 bridgehead atoms. The molecule has 1 amide bonds. The first kappa shape index (κ1) is 25.1. The highest BCUT2D eigenvalue weighted by Gasteiger charge is 2.13. The van der Waals surface area contributed by atoms with Gasteiger partial charge in [0.2, 0.25) is 5.91 Å². The highest BCUT2D eigenvalue weighted by molar-refractivity contribution is 9.10. The van der Waals surface area contributed by atoms with Crippen molar-refractivity contribution in [1.82, 2.24) is 5.43 Å². The minimum Gasteiger partial charge on any atom is -0.493 e. The highest BCUT2D eigenvalue weighted by atomic mass is 79.9. The maximum Gasteiger partial charge on any atom is 0.244 e. The summed E-state index contributed by atoms with van der Waals surface area (Å²) < 4.78 is 12.1. The Hall–Kier alpha value is -2.54. The van der Waals surface area contributed by atoms with Crippen molar-refractivity contribution in [2.75, 3.05) is 7.11 Å². The fraction of sp³-hybridized carbons (Fsp3) is 0.200. The van der Waals surface area contributed by atoms with Gasteiger partial charge >= 0.3 is 0 Å². The molecule has 5 nitrogen and oxygen atoms in total. The quantitative estimate of drug-likeness (QED) is 0.252. The molecule has 0 fully saturated rings. The molecule has 0 heterocycles. The van der Waals surface area contributed by atoms with E-state index in [1.807, 2.05) is 38.1 Å². The van der Waals surface area contributed by atoms with Crippen LogP contribution in [0.4, 0.5) is 0 Å². The third-order valence-electron chi connectivity index (χ3n) is 4.89. The molecular weight excluding hydrogens is 527 g/mol. The van der Waals surface area contributed by atoms with Crippen molar-refractivity contribution >= 4 is 51.3 Å². The average molecular weight is 550 g/mol. The van der Waals surface area contributed by atoms with E-state index < -0.39 is 0 Å². The summed E-state index contributed by atoms with van der Waals surface area (Å²) >= 11 is 15.7. The number of hydrogen-bond donors (Lipinski definition) is 1. The van der Waals surface area contributed by atoms with Crippen LogP contribution in [0.2, 0.25) is 10.0 Å². The van der Waals surface area contributed by atoms with E-state index >= 15 is 0 Å². The van der Waals surface area contributed by atoms with Crippen LogP contribution in [-0.4, -0.2) is 19.2 Å². The standard InChI is InChI=1S/C25H23BrCl2N2O3/c1-15-4-5-18(16(2)8-15)11-24(31)30-29-13-17-9-21(26)25(23(10-17)32-3)33-14-19-6-7-20(27)12-22(19)28/h4-10,12-13H,11,14H2,1-3H3,(H,30,31)/b29-13-.